The van der Waals surface area contributed by atoms with Gasteiger partial charge in [0.25, 0.3) is 11.8 Å². The van der Waals surface area contributed by atoms with Crippen molar-refractivity contribution in [1.82, 2.24) is 15.2 Å². The van der Waals surface area contributed by atoms with Crippen LogP contribution in [0.4, 0.5) is 35.1 Å². The first-order valence-corrected chi connectivity index (χ1v) is 11.3. The predicted molar refractivity (Wildman–Crippen MR) is 114 cm³/mol. The summed E-state index contributed by atoms with van der Waals surface area (Å²) < 4.78 is 101. The van der Waals surface area contributed by atoms with Crippen molar-refractivity contribution in [1.29, 1.82) is 0 Å². The first-order valence-electron chi connectivity index (χ1n) is 11.3. The Hall–Kier alpha value is -4.31. The van der Waals surface area contributed by atoms with E-state index < -0.39 is 48.6 Å². The van der Waals surface area contributed by atoms with Gasteiger partial charge in [-0.05, 0) is 18.6 Å². The molecular formula is C23H20F8N5O4+. The molecule has 4 rings (SSSR count). The largest absolute Gasteiger partial charge is 0.542 e. The summed E-state index contributed by atoms with van der Waals surface area (Å²) in [4.78, 5) is 40.6. The number of pyridine rings is 2. The Morgan fingerprint density at radius 1 is 1.07 bits per heavy atom. The molecule has 0 radical (unpaired) electrons. The fourth-order valence-electron chi connectivity index (χ4n) is 3.83. The Morgan fingerprint density at radius 3 is 2.27 bits per heavy atom. The third-order valence-electron chi connectivity index (χ3n) is 5.59. The number of nitrogens with one attached hydrogen (secondary N) is 3. The number of imidazole rings is 1. The second-order valence-electron chi connectivity index (χ2n) is 8.54. The summed E-state index contributed by atoms with van der Waals surface area (Å²) in [7, 11) is 0. The third-order valence-corrected chi connectivity index (χ3v) is 5.59. The van der Waals surface area contributed by atoms with Crippen LogP contribution < -0.4 is 19.8 Å². The van der Waals surface area contributed by atoms with E-state index in [-0.39, 0.29) is 42.1 Å². The molecule has 0 bridgehead atoms. The average Bonchev–Trinajstić information content (AvgIpc) is 3.25. The Bertz CT molecular complexity index is 1380. The lowest BCUT2D eigenvalue weighted by molar-refractivity contribution is -0.514. The van der Waals surface area contributed by atoms with Gasteiger partial charge >= 0.3 is 24.1 Å². The minimum absolute atomic E-state index is 0.101. The summed E-state index contributed by atoms with van der Waals surface area (Å²) in [6.45, 7) is -0.675. The summed E-state index contributed by atoms with van der Waals surface area (Å²) in [5, 5.41) is 10.7. The van der Waals surface area contributed by atoms with Crippen molar-refractivity contribution in [3.63, 3.8) is 0 Å². The highest BCUT2D eigenvalue weighted by atomic mass is 19.4. The van der Waals surface area contributed by atoms with Gasteiger partial charge < -0.3 is 20.1 Å². The van der Waals surface area contributed by atoms with E-state index >= 15 is 0 Å². The van der Waals surface area contributed by atoms with Crippen molar-refractivity contribution >= 4 is 23.3 Å². The SMILES string of the molecule is O=C(NC(c1cccc[nH+]1)C(F)(F)F)c1[nH]c(C(=O)N2CCCC(F)(F)C2)[n+]2ccccc12.O=C([O-])C(F)(F)F. The zero-order chi connectivity index (χ0) is 29.9. The minimum Gasteiger partial charge on any atom is -0.542 e. The van der Waals surface area contributed by atoms with Crippen molar-refractivity contribution in [2.45, 2.75) is 37.2 Å². The summed E-state index contributed by atoms with van der Waals surface area (Å²) in [5.41, 5.74) is -0.457. The Labute approximate surface area is 219 Å². The summed E-state index contributed by atoms with van der Waals surface area (Å²) in [5.74, 6) is -8.14. The molecule has 1 aliphatic rings. The molecule has 1 aliphatic heterocycles. The zero-order valence-corrected chi connectivity index (χ0v) is 20.1. The molecular weight excluding hydrogens is 562 g/mol. The van der Waals surface area contributed by atoms with Crippen LogP contribution in [0, 0.1) is 0 Å². The molecule has 2 amide bonds. The average molecular weight is 582 g/mol. The molecule has 1 fully saturated rings. The van der Waals surface area contributed by atoms with Crippen LogP contribution in [0.3, 0.4) is 0 Å². The fourth-order valence-corrected chi connectivity index (χ4v) is 3.83. The smallest absolute Gasteiger partial charge is 0.430 e. The van der Waals surface area contributed by atoms with Crippen molar-refractivity contribution in [2.24, 2.45) is 0 Å². The number of H-pyrrole nitrogens is 2. The number of aliphatic carboxylic acids is 1. The highest BCUT2D eigenvalue weighted by Gasteiger charge is 2.47. The lowest BCUT2D eigenvalue weighted by Gasteiger charge is -2.31. The number of piperidine rings is 1. The van der Waals surface area contributed by atoms with E-state index in [0.717, 1.165) is 4.90 Å². The second kappa shape index (κ2) is 11.4. The number of amides is 2. The van der Waals surface area contributed by atoms with Gasteiger partial charge in [-0.25, -0.2) is 18.7 Å². The molecule has 1 atom stereocenters. The number of nitrogens with zero attached hydrogens (tertiary/aromatic N) is 2. The van der Waals surface area contributed by atoms with Gasteiger partial charge in [0.1, 0.15) is 5.97 Å². The number of carboxylic acid groups (broad SMARTS) is 1. The van der Waals surface area contributed by atoms with Crippen LogP contribution >= 0.6 is 0 Å². The first kappa shape index (κ1) is 30.2. The van der Waals surface area contributed by atoms with Crippen LogP contribution in [0.2, 0.25) is 0 Å². The van der Waals surface area contributed by atoms with Gasteiger partial charge in [0.05, 0.1) is 12.7 Å². The summed E-state index contributed by atoms with van der Waals surface area (Å²) in [6, 6.07) is 6.25. The van der Waals surface area contributed by atoms with Crippen LogP contribution in [0.1, 0.15) is 45.7 Å². The highest BCUT2D eigenvalue weighted by molar-refractivity contribution is 6.00. The van der Waals surface area contributed by atoms with Crippen molar-refractivity contribution in [2.75, 3.05) is 13.1 Å². The number of aromatic amines is 2. The van der Waals surface area contributed by atoms with Crippen LogP contribution in [-0.4, -0.2) is 59.0 Å². The maximum Gasteiger partial charge on any atom is 0.430 e. The van der Waals surface area contributed by atoms with E-state index in [0.29, 0.717) is 0 Å². The molecule has 9 nitrogen and oxygen atoms in total. The van der Waals surface area contributed by atoms with E-state index in [1.54, 1.807) is 6.07 Å². The normalized spacial score (nSPS) is 16.1. The number of alkyl halides is 8. The second-order valence-corrected chi connectivity index (χ2v) is 8.54. The monoisotopic (exact) mass is 582 g/mol. The molecule has 0 spiro atoms. The molecule has 1 saturated heterocycles. The van der Waals surface area contributed by atoms with Gasteiger partial charge in [-0.2, -0.15) is 30.7 Å². The number of carboxylic acids is 1. The van der Waals surface area contributed by atoms with Gasteiger partial charge in [-0.15, -0.1) is 0 Å². The van der Waals surface area contributed by atoms with E-state index in [1.807, 2.05) is 5.32 Å². The molecule has 0 aliphatic carbocycles. The molecule has 1 unspecified atom stereocenters. The van der Waals surface area contributed by atoms with Gasteiger partial charge in [0, 0.05) is 25.1 Å². The van der Waals surface area contributed by atoms with Crippen molar-refractivity contribution in [3.05, 3.63) is 66.0 Å². The third kappa shape index (κ3) is 7.20. The predicted octanol–water partition coefficient (Wildman–Crippen LogP) is 1.77. The van der Waals surface area contributed by atoms with Crippen molar-refractivity contribution in [3.8, 4) is 0 Å². The number of halogens is 8. The van der Waals surface area contributed by atoms with E-state index in [2.05, 4.69) is 9.97 Å². The number of aromatic nitrogens is 3. The number of fused-ring (bicyclic) bond motifs is 1. The highest BCUT2D eigenvalue weighted by Crippen LogP contribution is 2.31. The number of carbonyl (C=O) groups is 3. The van der Waals surface area contributed by atoms with Crippen LogP contribution in [-0.2, 0) is 4.79 Å². The van der Waals surface area contributed by atoms with Gasteiger partial charge in [-0.3, -0.25) is 9.59 Å². The number of hydrogen-bond acceptors (Lipinski definition) is 4. The van der Waals surface area contributed by atoms with Crippen LogP contribution in [0.25, 0.3) is 5.52 Å². The van der Waals surface area contributed by atoms with E-state index in [9.17, 15) is 44.7 Å². The molecule has 40 heavy (non-hydrogen) atoms. The summed E-state index contributed by atoms with van der Waals surface area (Å²) >= 11 is 0. The van der Waals surface area contributed by atoms with E-state index in [1.165, 1.54) is 47.1 Å². The molecule has 216 valence electrons. The molecule has 3 aromatic rings. The lowest BCUT2D eigenvalue weighted by Crippen LogP contribution is -2.48. The maximum atomic E-state index is 13.8. The number of likely N-dealkylation sites (tertiary alicyclic amines) is 1. The van der Waals surface area contributed by atoms with Gasteiger partial charge in [0.2, 0.25) is 17.4 Å². The Morgan fingerprint density at radius 2 is 1.73 bits per heavy atom. The quantitative estimate of drug-likeness (QED) is 0.360. The minimum atomic E-state index is -5.19. The molecule has 17 heteroatoms. The Balaban J connectivity index is 0.000000559. The fraction of sp³-hybridized carbons (Fsp3) is 0.348. The lowest BCUT2D eigenvalue weighted by atomic mass is 10.1. The first-order chi connectivity index (χ1) is 18.5. The van der Waals surface area contributed by atoms with Crippen LogP contribution in [0.15, 0.2) is 48.8 Å². The number of hydrogen-bond donors (Lipinski definition) is 2. The molecule has 4 heterocycles. The molecule has 3 N–H and O–H groups in total. The standard InChI is InChI=1S/C21H18F5N5O2.C2HF3O2/c22-20(23)8-5-10-30(12-20)19(33)17-28-15(14-7-2-4-11-31(14)17)18(32)29-16(21(24,25)26)13-6-1-3-9-27-13;3-2(4,5)1(6)7/h1-4,6-7,9,11,16H,5,8,10,12H2,(H,29,32);(H,6,7)/p+1. The number of carbonyl (C=O) groups excluding carboxylic acids is 3. The van der Waals surface area contributed by atoms with E-state index in [4.69, 9.17) is 9.90 Å². The molecule has 0 aromatic carbocycles. The molecule has 3 aromatic heterocycles. The van der Waals surface area contributed by atoms with Gasteiger partial charge in [-0.1, -0.05) is 12.1 Å². The number of rotatable bonds is 4. The van der Waals surface area contributed by atoms with Crippen molar-refractivity contribution < 1.29 is 64.0 Å². The topological polar surface area (TPSA) is 124 Å². The van der Waals surface area contributed by atoms with Gasteiger partial charge in [0.15, 0.2) is 11.7 Å². The van der Waals surface area contributed by atoms with Crippen LogP contribution in [0.5, 0.6) is 0 Å². The maximum absolute atomic E-state index is 13.8. The Kier molecular flexibility index (Phi) is 8.64. The molecule has 0 saturated carbocycles. The summed E-state index contributed by atoms with van der Waals surface area (Å²) in [6.07, 6.45) is -7.51. The zero-order valence-electron chi connectivity index (χ0n) is 20.1.